The van der Waals surface area contributed by atoms with Gasteiger partial charge in [0.15, 0.2) is 0 Å². The van der Waals surface area contributed by atoms with Gasteiger partial charge >= 0.3 is 5.97 Å². The van der Waals surface area contributed by atoms with Gasteiger partial charge in [0.05, 0.1) is 17.7 Å². The average Bonchev–Trinajstić information content (AvgIpc) is 3.33. The van der Waals surface area contributed by atoms with Crippen LogP contribution < -0.4 is 5.32 Å². The summed E-state index contributed by atoms with van der Waals surface area (Å²) >= 11 is 1.18. The second-order valence-electron chi connectivity index (χ2n) is 7.13. The molecular weight excluding hydrogens is 428 g/mol. The maximum absolute atomic E-state index is 13.0. The Morgan fingerprint density at radius 2 is 1.56 bits per heavy atom. The van der Waals surface area contributed by atoms with Gasteiger partial charge in [-0.3, -0.25) is 19.3 Å². The normalized spacial score (nSPS) is 13.6. The van der Waals surface area contributed by atoms with Crippen molar-refractivity contribution in [3.05, 3.63) is 76.7 Å². The standard InChI is InChI=1S/C24H20N2O5S/c1-3-31-24(30)19-18(15-9-5-4-6-10-15)13-32-21(19)25-20(27)14(2)26-22(28)16-11-7-8-12-17(16)23(26)29/h4-14H,3H2,1-2H3,(H,25,27)/t14-/m1/s1. The maximum atomic E-state index is 13.0. The van der Waals surface area contributed by atoms with Crippen LogP contribution in [0.15, 0.2) is 60.0 Å². The number of nitrogens with one attached hydrogen (secondary N) is 1. The van der Waals surface area contributed by atoms with Crippen molar-refractivity contribution in [3.8, 4) is 11.1 Å². The molecule has 1 N–H and O–H groups in total. The first-order valence-electron chi connectivity index (χ1n) is 10.1. The molecule has 0 aliphatic carbocycles. The molecular formula is C24H20N2O5S. The molecule has 0 radical (unpaired) electrons. The fourth-order valence-electron chi connectivity index (χ4n) is 3.58. The number of hydrogen-bond acceptors (Lipinski definition) is 6. The number of thiophene rings is 1. The van der Waals surface area contributed by atoms with Crippen LogP contribution in [0.5, 0.6) is 0 Å². The van der Waals surface area contributed by atoms with Crippen molar-refractivity contribution in [1.82, 2.24) is 4.90 Å². The molecule has 2 heterocycles. The maximum Gasteiger partial charge on any atom is 0.341 e. The Kier molecular flexibility index (Phi) is 5.87. The van der Waals surface area contributed by atoms with Gasteiger partial charge in [-0.25, -0.2) is 4.79 Å². The first-order chi connectivity index (χ1) is 15.4. The van der Waals surface area contributed by atoms with Crippen molar-refractivity contribution in [2.45, 2.75) is 19.9 Å². The van der Waals surface area contributed by atoms with Gasteiger partial charge in [0, 0.05) is 10.9 Å². The fraction of sp³-hybridized carbons (Fsp3) is 0.167. The quantitative estimate of drug-likeness (QED) is 0.450. The molecule has 0 bridgehead atoms. The predicted molar refractivity (Wildman–Crippen MR) is 121 cm³/mol. The summed E-state index contributed by atoms with van der Waals surface area (Å²) in [5.41, 5.74) is 2.23. The zero-order valence-electron chi connectivity index (χ0n) is 17.5. The molecule has 0 fully saturated rings. The van der Waals surface area contributed by atoms with Crippen molar-refractivity contribution in [2.24, 2.45) is 0 Å². The lowest BCUT2D eigenvalue weighted by atomic mass is 10.0. The van der Waals surface area contributed by atoms with Crippen LogP contribution in [-0.2, 0) is 9.53 Å². The highest BCUT2D eigenvalue weighted by atomic mass is 32.1. The number of benzene rings is 2. The lowest BCUT2D eigenvalue weighted by Crippen LogP contribution is -2.45. The minimum Gasteiger partial charge on any atom is -0.462 e. The van der Waals surface area contributed by atoms with E-state index in [1.165, 1.54) is 18.3 Å². The molecule has 162 valence electrons. The van der Waals surface area contributed by atoms with Crippen LogP contribution in [0, 0.1) is 0 Å². The van der Waals surface area contributed by atoms with Gasteiger partial charge in [-0.1, -0.05) is 42.5 Å². The highest BCUT2D eigenvalue weighted by Crippen LogP contribution is 2.36. The summed E-state index contributed by atoms with van der Waals surface area (Å²) in [7, 11) is 0. The summed E-state index contributed by atoms with van der Waals surface area (Å²) in [6.45, 7) is 3.36. The van der Waals surface area contributed by atoms with Gasteiger partial charge in [-0.05, 0) is 31.5 Å². The van der Waals surface area contributed by atoms with E-state index in [0.29, 0.717) is 10.6 Å². The largest absolute Gasteiger partial charge is 0.462 e. The Bertz CT molecular complexity index is 1180. The van der Waals surface area contributed by atoms with E-state index in [1.807, 2.05) is 30.3 Å². The van der Waals surface area contributed by atoms with Gasteiger partial charge in [-0.15, -0.1) is 11.3 Å². The number of nitrogens with zero attached hydrogens (tertiary/aromatic N) is 1. The summed E-state index contributed by atoms with van der Waals surface area (Å²) in [5, 5.41) is 4.79. The third-order valence-corrected chi connectivity index (χ3v) is 6.08. The van der Waals surface area contributed by atoms with E-state index in [0.717, 1.165) is 10.5 Å². The third-order valence-electron chi connectivity index (χ3n) is 5.18. The molecule has 8 heteroatoms. The number of hydrogen-bond donors (Lipinski definition) is 1. The molecule has 4 rings (SSSR count). The molecule has 0 spiro atoms. The van der Waals surface area contributed by atoms with Crippen LogP contribution in [0.25, 0.3) is 11.1 Å². The predicted octanol–water partition coefficient (Wildman–Crippen LogP) is 4.22. The molecule has 32 heavy (non-hydrogen) atoms. The topological polar surface area (TPSA) is 92.8 Å². The summed E-state index contributed by atoms with van der Waals surface area (Å²) in [6, 6.07) is 14.7. The molecule has 1 aliphatic heterocycles. The Morgan fingerprint density at radius 1 is 0.969 bits per heavy atom. The van der Waals surface area contributed by atoms with Gasteiger partial charge in [-0.2, -0.15) is 0 Å². The lowest BCUT2D eigenvalue weighted by molar-refractivity contribution is -0.119. The van der Waals surface area contributed by atoms with Gasteiger partial charge in [0.2, 0.25) is 5.91 Å². The van der Waals surface area contributed by atoms with E-state index in [9.17, 15) is 19.2 Å². The zero-order chi connectivity index (χ0) is 22.8. The molecule has 0 saturated carbocycles. The van der Waals surface area contributed by atoms with Crippen molar-refractivity contribution >= 4 is 40.0 Å². The minimum atomic E-state index is -1.07. The monoisotopic (exact) mass is 448 g/mol. The second-order valence-corrected chi connectivity index (χ2v) is 8.01. The molecule has 2 aromatic carbocycles. The zero-order valence-corrected chi connectivity index (χ0v) is 18.3. The van der Waals surface area contributed by atoms with Gasteiger partial charge in [0.25, 0.3) is 11.8 Å². The Hall–Kier alpha value is -3.78. The third kappa shape index (κ3) is 3.69. The molecule has 0 saturated heterocycles. The summed E-state index contributed by atoms with van der Waals surface area (Å²) in [6.07, 6.45) is 0. The average molecular weight is 449 g/mol. The Labute approximate surface area is 188 Å². The minimum absolute atomic E-state index is 0.182. The molecule has 1 aromatic heterocycles. The highest BCUT2D eigenvalue weighted by molar-refractivity contribution is 7.15. The first kappa shape index (κ1) is 21.5. The van der Waals surface area contributed by atoms with Crippen molar-refractivity contribution in [2.75, 3.05) is 11.9 Å². The molecule has 7 nitrogen and oxygen atoms in total. The highest BCUT2D eigenvalue weighted by Gasteiger charge is 2.41. The summed E-state index contributed by atoms with van der Waals surface area (Å²) in [5.74, 6) is -2.17. The summed E-state index contributed by atoms with van der Waals surface area (Å²) in [4.78, 5) is 52.1. The van der Waals surface area contributed by atoms with E-state index < -0.39 is 29.7 Å². The number of imide groups is 1. The van der Waals surface area contributed by atoms with E-state index >= 15 is 0 Å². The first-order valence-corrected chi connectivity index (χ1v) is 10.9. The van der Waals surface area contributed by atoms with Crippen LogP contribution >= 0.6 is 11.3 Å². The molecule has 0 unspecified atom stereocenters. The number of carbonyl (C=O) groups excluding carboxylic acids is 4. The van der Waals surface area contributed by atoms with E-state index in [-0.39, 0.29) is 23.3 Å². The number of rotatable bonds is 6. The number of esters is 1. The van der Waals surface area contributed by atoms with Gasteiger partial charge in [0.1, 0.15) is 16.6 Å². The smallest absolute Gasteiger partial charge is 0.341 e. The number of amides is 3. The number of ether oxygens (including phenoxy) is 1. The van der Waals surface area contributed by atoms with E-state index in [4.69, 9.17) is 4.74 Å². The second kappa shape index (κ2) is 8.76. The van der Waals surface area contributed by atoms with Crippen LogP contribution in [0.3, 0.4) is 0 Å². The Balaban J connectivity index is 1.62. The lowest BCUT2D eigenvalue weighted by Gasteiger charge is -2.21. The Morgan fingerprint density at radius 3 is 2.16 bits per heavy atom. The number of fused-ring (bicyclic) bond motifs is 1. The van der Waals surface area contributed by atoms with E-state index in [2.05, 4.69) is 5.32 Å². The number of carbonyl (C=O) groups is 4. The van der Waals surface area contributed by atoms with Crippen molar-refractivity contribution in [3.63, 3.8) is 0 Å². The molecule has 3 amide bonds. The molecule has 1 aliphatic rings. The van der Waals surface area contributed by atoms with Crippen LogP contribution in [0.2, 0.25) is 0 Å². The van der Waals surface area contributed by atoms with Crippen LogP contribution in [0.1, 0.15) is 44.9 Å². The molecule has 3 aromatic rings. The van der Waals surface area contributed by atoms with Crippen LogP contribution in [-0.4, -0.2) is 41.2 Å². The van der Waals surface area contributed by atoms with Crippen molar-refractivity contribution in [1.29, 1.82) is 0 Å². The van der Waals surface area contributed by atoms with Gasteiger partial charge < -0.3 is 10.1 Å². The number of anilines is 1. The van der Waals surface area contributed by atoms with Crippen molar-refractivity contribution < 1.29 is 23.9 Å². The summed E-state index contributed by atoms with van der Waals surface area (Å²) < 4.78 is 5.21. The molecule has 1 atom stereocenters. The van der Waals surface area contributed by atoms with Crippen LogP contribution in [0.4, 0.5) is 5.00 Å². The SMILES string of the molecule is CCOC(=O)c1c(-c2ccccc2)csc1NC(=O)[C@@H](C)N1C(=O)c2ccccc2C1=O. The fourth-order valence-corrected chi connectivity index (χ4v) is 4.54. The van der Waals surface area contributed by atoms with E-state index in [1.54, 1.807) is 36.6 Å².